The lowest BCUT2D eigenvalue weighted by atomic mass is 10.1. The Labute approximate surface area is 65.4 Å². The third-order valence-electron chi connectivity index (χ3n) is 2.18. The van der Waals surface area contributed by atoms with Gasteiger partial charge in [0.25, 0.3) is 0 Å². The second kappa shape index (κ2) is 3.19. The lowest BCUT2D eigenvalue weighted by molar-refractivity contribution is -0.141. The SMILES string of the molecule is CN1C[C@H](CO)C[C@H]1C(=O)O. The van der Waals surface area contributed by atoms with Crippen LogP contribution in [0.25, 0.3) is 0 Å². The van der Waals surface area contributed by atoms with Gasteiger partial charge in [-0.25, -0.2) is 0 Å². The summed E-state index contributed by atoms with van der Waals surface area (Å²) in [6.45, 7) is 0.779. The van der Waals surface area contributed by atoms with E-state index in [1.54, 1.807) is 11.9 Å². The van der Waals surface area contributed by atoms with Crippen molar-refractivity contribution in [2.45, 2.75) is 12.5 Å². The van der Waals surface area contributed by atoms with Crippen molar-refractivity contribution in [1.29, 1.82) is 0 Å². The zero-order chi connectivity index (χ0) is 8.43. The minimum absolute atomic E-state index is 0.0914. The van der Waals surface area contributed by atoms with Gasteiger partial charge in [0.1, 0.15) is 6.04 Å². The molecule has 0 saturated carbocycles. The van der Waals surface area contributed by atoms with Crippen LogP contribution in [0.4, 0.5) is 0 Å². The molecule has 64 valence electrons. The number of aliphatic hydroxyl groups is 1. The zero-order valence-corrected chi connectivity index (χ0v) is 6.53. The summed E-state index contributed by atoms with van der Waals surface area (Å²) in [5, 5.41) is 17.4. The van der Waals surface area contributed by atoms with Crippen molar-refractivity contribution in [3.05, 3.63) is 0 Å². The van der Waals surface area contributed by atoms with E-state index in [0.717, 1.165) is 0 Å². The Bertz CT molecular complexity index is 160. The minimum Gasteiger partial charge on any atom is -0.480 e. The van der Waals surface area contributed by atoms with Gasteiger partial charge in [0.05, 0.1) is 0 Å². The van der Waals surface area contributed by atoms with Gasteiger partial charge in [0.15, 0.2) is 0 Å². The van der Waals surface area contributed by atoms with E-state index < -0.39 is 12.0 Å². The van der Waals surface area contributed by atoms with Crippen molar-refractivity contribution in [1.82, 2.24) is 4.90 Å². The second-order valence-electron chi connectivity index (χ2n) is 3.08. The molecule has 4 heteroatoms. The summed E-state index contributed by atoms with van der Waals surface area (Å²) >= 11 is 0. The molecule has 11 heavy (non-hydrogen) atoms. The molecule has 0 aromatic heterocycles. The standard InChI is InChI=1S/C7H13NO3/c1-8-3-5(4-9)2-6(8)7(10)11/h5-6,9H,2-4H2,1H3,(H,10,11)/t5-,6+/m1/s1. The molecule has 1 aliphatic heterocycles. The molecule has 1 fully saturated rings. The Morgan fingerprint density at radius 1 is 1.73 bits per heavy atom. The zero-order valence-electron chi connectivity index (χ0n) is 6.53. The molecule has 2 N–H and O–H groups in total. The topological polar surface area (TPSA) is 60.8 Å². The van der Waals surface area contributed by atoms with E-state index in [1.807, 2.05) is 0 Å². The van der Waals surface area contributed by atoms with E-state index in [9.17, 15) is 4.79 Å². The molecule has 4 nitrogen and oxygen atoms in total. The molecule has 0 spiro atoms. The first-order valence-corrected chi connectivity index (χ1v) is 3.69. The van der Waals surface area contributed by atoms with Crippen LogP contribution >= 0.6 is 0 Å². The molecule has 1 saturated heterocycles. The van der Waals surface area contributed by atoms with Crippen molar-refractivity contribution in [2.75, 3.05) is 20.2 Å². The van der Waals surface area contributed by atoms with E-state index in [-0.39, 0.29) is 12.5 Å². The fraction of sp³-hybridized carbons (Fsp3) is 0.857. The Morgan fingerprint density at radius 2 is 2.36 bits per heavy atom. The summed E-state index contributed by atoms with van der Waals surface area (Å²) in [5.74, 6) is -0.649. The summed E-state index contributed by atoms with van der Waals surface area (Å²) in [5.41, 5.74) is 0. The van der Waals surface area contributed by atoms with Crippen LogP contribution in [0, 0.1) is 5.92 Å². The monoisotopic (exact) mass is 159 g/mol. The Hall–Kier alpha value is -0.610. The van der Waals surface area contributed by atoms with E-state index in [1.165, 1.54) is 0 Å². The number of nitrogens with zero attached hydrogens (tertiary/aromatic N) is 1. The molecule has 1 aliphatic rings. The molecule has 0 aliphatic carbocycles. The van der Waals surface area contributed by atoms with Crippen molar-refractivity contribution in [3.8, 4) is 0 Å². The Kier molecular flexibility index (Phi) is 2.46. The van der Waals surface area contributed by atoms with E-state index >= 15 is 0 Å². The number of likely N-dealkylation sites (tertiary alicyclic amines) is 1. The van der Waals surface area contributed by atoms with E-state index in [0.29, 0.717) is 13.0 Å². The highest BCUT2D eigenvalue weighted by Crippen LogP contribution is 2.20. The van der Waals surface area contributed by atoms with Crippen LogP contribution < -0.4 is 0 Å². The number of rotatable bonds is 2. The minimum atomic E-state index is -0.788. The predicted octanol–water partition coefficient (Wildman–Crippen LogP) is -0.616. The average Bonchev–Trinajstić information content (AvgIpc) is 2.30. The highest BCUT2D eigenvalue weighted by molar-refractivity contribution is 5.73. The largest absolute Gasteiger partial charge is 0.480 e. The molecular formula is C7H13NO3. The lowest BCUT2D eigenvalue weighted by Crippen LogP contribution is -2.32. The number of carbonyl (C=O) groups is 1. The van der Waals surface area contributed by atoms with Crippen LogP contribution in [0.5, 0.6) is 0 Å². The Morgan fingerprint density at radius 3 is 2.64 bits per heavy atom. The van der Waals surface area contributed by atoms with Crippen LogP contribution in [-0.4, -0.2) is 47.3 Å². The molecule has 0 aromatic carbocycles. The average molecular weight is 159 g/mol. The van der Waals surface area contributed by atoms with Gasteiger partial charge in [-0.3, -0.25) is 9.69 Å². The molecule has 0 unspecified atom stereocenters. The van der Waals surface area contributed by atoms with Crippen molar-refractivity contribution in [2.24, 2.45) is 5.92 Å². The first kappa shape index (κ1) is 8.49. The van der Waals surface area contributed by atoms with Crippen LogP contribution in [-0.2, 0) is 4.79 Å². The highest BCUT2D eigenvalue weighted by Gasteiger charge is 2.33. The van der Waals surface area contributed by atoms with Gasteiger partial charge in [-0.05, 0) is 19.4 Å². The molecule has 0 bridgehead atoms. The first-order chi connectivity index (χ1) is 5.15. The van der Waals surface area contributed by atoms with Crippen molar-refractivity contribution in [3.63, 3.8) is 0 Å². The van der Waals surface area contributed by atoms with Crippen LogP contribution in [0.1, 0.15) is 6.42 Å². The summed E-state index contributed by atoms with van der Waals surface area (Å²) in [6.07, 6.45) is 0.572. The summed E-state index contributed by atoms with van der Waals surface area (Å²) < 4.78 is 0. The fourth-order valence-electron chi connectivity index (χ4n) is 1.53. The highest BCUT2D eigenvalue weighted by atomic mass is 16.4. The van der Waals surface area contributed by atoms with Crippen LogP contribution in [0.15, 0.2) is 0 Å². The molecule has 0 radical (unpaired) electrons. The molecule has 1 rings (SSSR count). The predicted molar refractivity (Wildman–Crippen MR) is 39.2 cm³/mol. The molecule has 1 heterocycles. The van der Waals surface area contributed by atoms with E-state index in [2.05, 4.69) is 0 Å². The van der Waals surface area contributed by atoms with Gasteiger partial charge in [-0.2, -0.15) is 0 Å². The first-order valence-electron chi connectivity index (χ1n) is 3.69. The summed E-state index contributed by atoms with van der Waals surface area (Å²) in [6, 6.07) is -0.396. The van der Waals surface area contributed by atoms with Gasteiger partial charge in [0, 0.05) is 13.2 Å². The molecular weight excluding hydrogens is 146 g/mol. The lowest BCUT2D eigenvalue weighted by Gasteiger charge is -2.13. The molecule has 0 amide bonds. The summed E-state index contributed by atoms with van der Waals surface area (Å²) in [4.78, 5) is 12.3. The van der Waals surface area contributed by atoms with E-state index in [4.69, 9.17) is 10.2 Å². The van der Waals surface area contributed by atoms with Crippen LogP contribution in [0.2, 0.25) is 0 Å². The molecule has 0 aromatic rings. The number of likely N-dealkylation sites (N-methyl/N-ethyl adjacent to an activating group) is 1. The van der Waals surface area contributed by atoms with Gasteiger partial charge in [0.2, 0.25) is 0 Å². The van der Waals surface area contributed by atoms with Gasteiger partial charge < -0.3 is 10.2 Å². The number of hydrogen-bond acceptors (Lipinski definition) is 3. The number of hydrogen-bond donors (Lipinski definition) is 2. The maximum absolute atomic E-state index is 10.6. The van der Waals surface area contributed by atoms with Gasteiger partial charge in [-0.1, -0.05) is 0 Å². The number of aliphatic hydroxyl groups excluding tert-OH is 1. The maximum Gasteiger partial charge on any atom is 0.320 e. The Balaban J connectivity index is 2.51. The number of carboxylic acid groups (broad SMARTS) is 1. The normalized spacial score (nSPS) is 32.5. The van der Waals surface area contributed by atoms with Gasteiger partial charge in [-0.15, -0.1) is 0 Å². The molecule has 2 atom stereocenters. The quantitative estimate of drug-likeness (QED) is 0.564. The number of carboxylic acids is 1. The third-order valence-corrected chi connectivity index (χ3v) is 2.18. The number of aliphatic carboxylic acids is 1. The fourth-order valence-corrected chi connectivity index (χ4v) is 1.53. The van der Waals surface area contributed by atoms with Crippen molar-refractivity contribution >= 4 is 5.97 Å². The van der Waals surface area contributed by atoms with Crippen LogP contribution in [0.3, 0.4) is 0 Å². The van der Waals surface area contributed by atoms with Crippen molar-refractivity contribution < 1.29 is 15.0 Å². The maximum atomic E-state index is 10.6. The second-order valence-corrected chi connectivity index (χ2v) is 3.08. The van der Waals surface area contributed by atoms with Gasteiger partial charge >= 0.3 is 5.97 Å². The smallest absolute Gasteiger partial charge is 0.320 e. The third kappa shape index (κ3) is 1.70. The summed E-state index contributed by atoms with van der Waals surface area (Å²) in [7, 11) is 1.77.